The smallest absolute Gasteiger partial charge is 0.0555 e. The fraction of sp³-hybridized carbons (Fsp3) is 0.263. The Morgan fingerprint density at radius 2 is 1.90 bits per heavy atom. The van der Waals surface area contributed by atoms with Gasteiger partial charge < -0.3 is 10.6 Å². The van der Waals surface area contributed by atoms with E-state index in [0.717, 1.165) is 18.5 Å². The van der Waals surface area contributed by atoms with Gasteiger partial charge in [0, 0.05) is 23.8 Å². The van der Waals surface area contributed by atoms with Gasteiger partial charge in [-0.2, -0.15) is 0 Å². The Hall–Kier alpha value is -2.24. The average Bonchev–Trinajstić information content (AvgIpc) is 2.82. The lowest BCUT2D eigenvalue weighted by atomic mass is 10.1. The van der Waals surface area contributed by atoms with Crippen LogP contribution in [0, 0.1) is 11.8 Å². The third kappa shape index (κ3) is 2.79. The predicted octanol–water partition coefficient (Wildman–Crippen LogP) is 2.95. The van der Waals surface area contributed by atoms with Crippen LogP contribution >= 0.6 is 0 Å². The van der Waals surface area contributed by atoms with E-state index in [-0.39, 0.29) is 0 Å². The predicted molar refractivity (Wildman–Crippen MR) is 88.2 cm³/mol. The van der Waals surface area contributed by atoms with Crippen molar-refractivity contribution >= 4 is 5.69 Å². The summed E-state index contributed by atoms with van der Waals surface area (Å²) in [5.74, 6) is 6.14. The molecule has 1 aliphatic rings. The van der Waals surface area contributed by atoms with Crippen LogP contribution < -0.4 is 10.6 Å². The maximum absolute atomic E-state index is 5.49. The number of anilines is 1. The number of hydrogen-bond donors (Lipinski definition) is 1. The first-order chi connectivity index (χ1) is 10.3. The van der Waals surface area contributed by atoms with Crippen LogP contribution in [0.2, 0.25) is 0 Å². The summed E-state index contributed by atoms with van der Waals surface area (Å²) in [6.45, 7) is 3.58. The monoisotopic (exact) mass is 276 g/mol. The van der Waals surface area contributed by atoms with E-state index in [1.807, 2.05) is 6.07 Å². The lowest BCUT2D eigenvalue weighted by molar-refractivity contribution is 0.672. The molecule has 0 amide bonds. The summed E-state index contributed by atoms with van der Waals surface area (Å²) in [5.41, 5.74) is 10.6. The van der Waals surface area contributed by atoms with Gasteiger partial charge in [0.05, 0.1) is 6.54 Å². The highest BCUT2D eigenvalue weighted by Gasteiger charge is 2.25. The molecule has 2 nitrogen and oxygen atoms in total. The zero-order valence-electron chi connectivity index (χ0n) is 12.3. The molecule has 21 heavy (non-hydrogen) atoms. The molecule has 1 heterocycles. The molecular weight excluding hydrogens is 256 g/mol. The maximum Gasteiger partial charge on any atom is 0.0555 e. The van der Waals surface area contributed by atoms with Crippen molar-refractivity contribution in [2.24, 2.45) is 5.73 Å². The third-order valence-electron chi connectivity index (χ3n) is 4.03. The highest BCUT2D eigenvalue weighted by molar-refractivity contribution is 5.60. The zero-order valence-corrected chi connectivity index (χ0v) is 12.3. The molecular formula is C19H20N2. The normalized spacial score (nSPS) is 16.3. The van der Waals surface area contributed by atoms with E-state index in [9.17, 15) is 0 Å². The van der Waals surface area contributed by atoms with Crippen molar-refractivity contribution in [3.05, 3.63) is 65.2 Å². The lowest BCUT2D eigenvalue weighted by Gasteiger charge is -2.25. The highest BCUT2D eigenvalue weighted by Crippen LogP contribution is 2.33. The van der Waals surface area contributed by atoms with E-state index in [4.69, 9.17) is 5.73 Å². The lowest BCUT2D eigenvalue weighted by Crippen LogP contribution is -2.28. The first kappa shape index (κ1) is 13.7. The molecule has 3 rings (SSSR count). The molecule has 0 aromatic heterocycles. The maximum atomic E-state index is 5.49. The third-order valence-corrected chi connectivity index (χ3v) is 4.03. The standard InChI is InChI=1S/C19H20N2/c1-15-13-17-8-4-5-11-19(17)21(15)14-18-9-3-2-7-16(18)10-6-12-20/h2-5,7-9,11,15H,12-14,20H2,1H3. The van der Waals surface area contributed by atoms with Crippen molar-refractivity contribution in [2.75, 3.05) is 11.4 Å². The molecule has 0 radical (unpaired) electrons. The van der Waals surface area contributed by atoms with Crippen molar-refractivity contribution in [1.82, 2.24) is 0 Å². The summed E-state index contributed by atoms with van der Waals surface area (Å²) in [5, 5.41) is 0. The van der Waals surface area contributed by atoms with Gasteiger partial charge in [-0.15, -0.1) is 0 Å². The first-order valence-corrected chi connectivity index (χ1v) is 7.41. The molecule has 106 valence electrons. The number of para-hydroxylation sites is 1. The molecule has 1 unspecified atom stereocenters. The fourth-order valence-corrected chi connectivity index (χ4v) is 2.98. The minimum atomic E-state index is 0.400. The molecule has 1 aliphatic heterocycles. The molecule has 2 N–H and O–H groups in total. The minimum absolute atomic E-state index is 0.400. The van der Waals surface area contributed by atoms with Gasteiger partial charge in [0.25, 0.3) is 0 Å². The summed E-state index contributed by atoms with van der Waals surface area (Å²) in [6.07, 6.45) is 1.12. The summed E-state index contributed by atoms with van der Waals surface area (Å²) >= 11 is 0. The first-order valence-electron chi connectivity index (χ1n) is 7.41. The van der Waals surface area contributed by atoms with Crippen molar-refractivity contribution in [1.29, 1.82) is 0 Å². The average molecular weight is 276 g/mol. The van der Waals surface area contributed by atoms with Crippen LogP contribution in [-0.4, -0.2) is 12.6 Å². The Morgan fingerprint density at radius 1 is 1.14 bits per heavy atom. The second kappa shape index (κ2) is 6.03. The van der Waals surface area contributed by atoms with E-state index < -0.39 is 0 Å². The number of rotatable bonds is 2. The van der Waals surface area contributed by atoms with Gasteiger partial charge in [-0.05, 0) is 36.6 Å². The van der Waals surface area contributed by atoms with Gasteiger partial charge in [-0.1, -0.05) is 48.2 Å². The molecule has 0 saturated heterocycles. The van der Waals surface area contributed by atoms with Gasteiger partial charge in [-0.25, -0.2) is 0 Å². The molecule has 0 spiro atoms. The van der Waals surface area contributed by atoms with Gasteiger partial charge in [0.15, 0.2) is 0 Å². The van der Waals surface area contributed by atoms with Crippen LogP contribution in [0.25, 0.3) is 0 Å². The number of hydrogen-bond acceptors (Lipinski definition) is 2. The molecule has 1 atom stereocenters. The second-order valence-corrected chi connectivity index (χ2v) is 5.47. The van der Waals surface area contributed by atoms with E-state index in [1.54, 1.807) is 0 Å². The molecule has 2 aromatic rings. The topological polar surface area (TPSA) is 29.3 Å². The van der Waals surface area contributed by atoms with Crippen LogP contribution in [0.3, 0.4) is 0 Å². The van der Waals surface area contributed by atoms with Crippen LogP contribution in [0.4, 0.5) is 5.69 Å². The summed E-state index contributed by atoms with van der Waals surface area (Å²) < 4.78 is 0. The quantitative estimate of drug-likeness (QED) is 0.855. The second-order valence-electron chi connectivity index (χ2n) is 5.47. The molecule has 0 saturated carbocycles. The number of fused-ring (bicyclic) bond motifs is 1. The largest absolute Gasteiger partial charge is 0.364 e. The van der Waals surface area contributed by atoms with Crippen LogP contribution in [0.1, 0.15) is 23.6 Å². The van der Waals surface area contributed by atoms with Gasteiger partial charge in [0.1, 0.15) is 0 Å². The Morgan fingerprint density at radius 3 is 2.76 bits per heavy atom. The Balaban J connectivity index is 1.91. The Kier molecular flexibility index (Phi) is 3.94. The van der Waals surface area contributed by atoms with Crippen molar-refractivity contribution in [3.8, 4) is 11.8 Å². The molecule has 2 aromatic carbocycles. The van der Waals surface area contributed by atoms with E-state index in [0.29, 0.717) is 12.6 Å². The van der Waals surface area contributed by atoms with Gasteiger partial charge >= 0.3 is 0 Å². The van der Waals surface area contributed by atoms with Crippen molar-refractivity contribution < 1.29 is 0 Å². The SMILES string of the molecule is CC1Cc2ccccc2N1Cc1ccccc1C#CCN. The van der Waals surface area contributed by atoms with E-state index in [1.165, 1.54) is 16.8 Å². The molecule has 0 fully saturated rings. The Bertz CT molecular complexity index is 694. The van der Waals surface area contributed by atoms with Crippen LogP contribution in [0.15, 0.2) is 48.5 Å². The molecule has 0 bridgehead atoms. The number of nitrogens with two attached hydrogens (primary N) is 1. The number of benzene rings is 2. The zero-order chi connectivity index (χ0) is 14.7. The van der Waals surface area contributed by atoms with Crippen LogP contribution in [0.5, 0.6) is 0 Å². The van der Waals surface area contributed by atoms with Gasteiger partial charge in [0.2, 0.25) is 0 Å². The van der Waals surface area contributed by atoms with Crippen LogP contribution in [-0.2, 0) is 13.0 Å². The minimum Gasteiger partial charge on any atom is -0.364 e. The molecule has 0 aliphatic carbocycles. The summed E-state index contributed by atoms with van der Waals surface area (Å²) in [6, 6.07) is 17.6. The van der Waals surface area contributed by atoms with E-state index in [2.05, 4.69) is 66.1 Å². The van der Waals surface area contributed by atoms with E-state index >= 15 is 0 Å². The number of nitrogens with zero attached hydrogens (tertiary/aromatic N) is 1. The van der Waals surface area contributed by atoms with Crippen molar-refractivity contribution in [2.45, 2.75) is 25.9 Å². The molecule has 2 heteroatoms. The van der Waals surface area contributed by atoms with Crippen molar-refractivity contribution in [3.63, 3.8) is 0 Å². The summed E-state index contributed by atoms with van der Waals surface area (Å²) in [7, 11) is 0. The summed E-state index contributed by atoms with van der Waals surface area (Å²) in [4.78, 5) is 2.47. The van der Waals surface area contributed by atoms with Gasteiger partial charge in [-0.3, -0.25) is 0 Å². The fourth-order valence-electron chi connectivity index (χ4n) is 2.98. The Labute approximate surface area is 126 Å². The highest BCUT2D eigenvalue weighted by atomic mass is 15.2.